The molecule has 0 fully saturated rings. The Labute approximate surface area is 225 Å². The van der Waals surface area contributed by atoms with Crippen molar-refractivity contribution < 1.29 is 9.84 Å². The lowest BCUT2D eigenvalue weighted by atomic mass is 9.76. The van der Waals surface area contributed by atoms with E-state index in [2.05, 4.69) is 120 Å². The van der Waals surface area contributed by atoms with Crippen molar-refractivity contribution in [2.24, 2.45) is 0 Å². The first-order chi connectivity index (χ1) is 18.3. The Kier molecular flexibility index (Phi) is 7.24. The van der Waals surface area contributed by atoms with E-state index in [4.69, 9.17) is 4.74 Å². The summed E-state index contributed by atoms with van der Waals surface area (Å²) < 4.78 is 6.38. The number of nitrogens with zero attached hydrogens (tertiary/aromatic N) is 1. The number of likely N-dealkylation sites (N-methyl/N-ethyl adjacent to an activating group) is 1. The minimum absolute atomic E-state index is 0.0129. The van der Waals surface area contributed by atoms with E-state index >= 15 is 0 Å². The van der Waals surface area contributed by atoms with Crippen molar-refractivity contribution in [3.8, 4) is 17.6 Å². The number of hydrogen-bond donors (Lipinski definition) is 2. The minimum Gasteiger partial charge on any atom is -0.490 e. The highest BCUT2D eigenvalue weighted by Crippen LogP contribution is 2.38. The van der Waals surface area contributed by atoms with E-state index in [0.29, 0.717) is 6.61 Å². The molecular formula is C34H34N2O2. The van der Waals surface area contributed by atoms with Gasteiger partial charge in [-0.25, -0.2) is 0 Å². The van der Waals surface area contributed by atoms with E-state index in [1.165, 1.54) is 16.7 Å². The summed E-state index contributed by atoms with van der Waals surface area (Å²) in [5.41, 5.74) is 3.74. The maximum atomic E-state index is 10.0. The molecule has 0 saturated heterocycles. The highest BCUT2D eigenvalue weighted by Gasteiger charge is 2.39. The second-order valence-corrected chi connectivity index (χ2v) is 10.4. The molecule has 5 rings (SSSR count). The van der Waals surface area contributed by atoms with Crippen LogP contribution in [0.15, 0.2) is 109 Å². The number of aliphatic hydroxyl groups is 1. The summed E-state index contributed by atoms with van der Waals surface area (Å²) in [6.07, 6.45) is 0. The van der Waals surface area contributed by atoms with Crippen LogP contribution in [0.4, 0.5) is 5.69 Å². The van der Waals surface area contributed by atoms with Crippen molar-refractivity contribution in [2.45, 2.75) is 31.0 Å². The molecule has 4 heteroatoms. The molecule has 4 aromatic rings. The summed E-state index contributed by atoms with van der Waals surface area (Å²) in [6.45, 7) is 4.63. The summed E-state index contributed by atoms with van der Waals surface area (Å²) in [6, 6.07) is 37.9. The lowest BCUT2D eigenvalue weighted by molar-refractivity contribution is 0.143. The summed E-state index contributed by atoms with van der Waals surface area (Å²) >= 11 is 0. The normalized spacial score (nSPS) is 15.5. The SMILES string of the molecule is CN1C[C@H](NC(c2ccccc2)(c2ccccc2)c2ccccc2)COc2ccc(C#CC(C)(C)O)cc21. The van der Waals surface area contributed by atoms with Crippen molar-refractivity contribution in [3.63, 3.8) is 0 Å². The van der Waals surface area contributed by atoms with E-state index in [0.717, 1.165) is 23.5 Å². The zero-order valence-corrected chi connectivity index (χ0v) is 22.2. The Morgan fingerprint density at radius 2 is 1.34 bits per heavy atom. The molecule has 0 amide bonds. The van der Waals surface area contributed by atoms with E-state index in [1.807, 2.05) is 18.2 Å². The largest absolute Gasteiger partial charge is 0.490 e. The molecule has 192 valence electrons. The maximum absolute atomic E-state index is 10.0. The molecule has 1 aliphatic rings. The van der Waals surface area contributed by atoms with Crippen molar-refractivity contribution in [1.82, 2.24) is 5.32 Å². The van der Waals surface area contributed by atoms with E-state index in [1.54, 1.807) is 13.8 Å². The lowest BCUT2D eigenvalue weighted by Crippen LogP contribution is -2.54. The lowest BCUT2D eigenvalue weighted by Gasteiger charge is -2.40. The summed E-state index contributed by atoms with van der Waals surface area (Å²) in [4.78, 5) is 2.22. The number of nitrogens with one attached hydrogen (secondary N) is 1. The average Bonchev–Trinajstić information content (AvgIpc) is 3.09. The van der Waals surface area contributed by atoms with Crippen molar-refractivity contribution >= 4 is 5.69 Å². The number of rotatable bonds is 5. The van der Waals surface area contributed by atoms with Crippen molar-refractivity contribution in [2.75, 3.05) is 25.1 Å². The second kappa shape index (κ2) is 10.8. The van der Waals surface area contributed by atoms with Gasteiger partial charge in [-0.1, -0.05) is 103 Å². The molecule has 0 radical (unpaired) electrons. The van der Waals surface area contributed by atoms with E-state index in [-0.39, 0.29) is 6.04 Å². The third-order valence-corrected chi connectivity index (χ3v) is 6.86. The molecule has 0 aromatic heterocycles. The Bertz CT molecular complexity index is 1320. The topological polar surface area (TPSA) is 44.7 Å². The molecule has 0 aliphatic carbocycles. The predicted octanol–water partition coefficient (Wildman–Crippen LogP) is 5.59. The van der Waals surface area contributed by atoms with Crippen LogP contribution in [-0.2, 0) is 5.54 Å². The summed E-state index contributed by atoms with van der Waals surface area (Å²) in [7, 11) is 2.09. The van der Waals surface area contributed by atoms with Crippen LogP contribution < -0.4 is 15.0 Å². The number of anilines is 1. The van der Waals surface area contributed by atoms with Crippen LogP contribution in [-0.4, -0.2) is 36.9 Å². The number of hydrogen-bond acceptors (Lipinski definition) is 4. The van der Waals surface area contributed by atoms with E-state index < -0.39 is 11.1 Å². The van der Waals surface area contributed by atoms with E-state index in [9.17, 15) is 5.11 Å². The maximum Gasteiger partial charge on any atom is 0.142 e. The molecular weight excluding hydrogens is 468 g/mol. The predicted molar refractivity (Wildman–Crippen MR) is 155 cm³/mol. The fourth-order valence-electron chi connectivity index (χ4n) is 5.12. The average molecular weight is 503 g/mol. The van der Waals surface area contributed by atoms with Crippen LogP contribution in [0.5, 0.6) is 5.75 Å². The Morgan fingerprint density at radius 3 is 1.84 bits per heavy atom. The first kappa shape index (κ1) is 25.6. The van der Waals surface area contributed by atoms with Gasteiger partial charge < -0.3 is 14.7 Å². The van der Waals surface area contributed by atoms with Gasteiger partial charge in [-0.2, -0.15) is 0 Å². The fourth-order valence-corrected chi connectivity index (χ4v) is 5.12. The Balaban J connectivity index is 1.54. The minimum atomic E-state index is -1.04. The number of benzene rings is 4. The highest BCUT2D eigenvalue weighted by atomic mass is 16.5. The first-order valence-corrected chi connectivity index (χ1v) is 13.0. The molecule has 0 unspecified atom stereocenters. The summed E-state index contributed by atoms with van der Waals surface area (Å²) in [5.74, 6) is 6.82. The van der Waals surface area contributed by atoms with Gasteiger partial charge in [-0.05, 0) is 48.7 Å². The van der Waals surface area contributed by atoms with Crippen LogP contribution in [0.1, 0.15) is 36.1 Å². The van der Waals surface area contributed by atoms with Gasteiger partial charge in [0.1, 0.15) is 18.0 Å². The van der Waals surface area contributed by atoms with Crippen LogP contribution in [0.3, 0.4) is 0 Å². The smallest absolute Gasteiger partial charge is 0.142 e. The molecule has 2 N–H and O–H groups in total. The van der Waals surface area contributed by atoms with Crippen LogP contribution in [0.2, 0.25) is 0 Å². The fraction of sp³-hybridized carbons (Fsp3) is 0.235. The molecule has 1 aliphatic heterocycles. The third kappa shape index (κ3) is 5.45. The van der Waals surface area contributed by atoms with Gasteiger partial charge in [0.15, 0.2) is 0 Å². The van der Waals surface area contributed by atoms with Crippen LogP contribution in [0, 0.1) is 11.8 Å². The molecule has 1 heterocycles. The number of ether oxygens (including phenoxy) is 1. The highest BCUT2D eigenvalue weighted by molar-refractivity contribution is 5.63. The van der Waals surface area contributed by atoms with Crippen LogP contribution >= 0.6 is 0 Å². The van der Waals surface area contributed by atoms with Crippen LogP contribution in [0.25, 0.3) is 0 Å². The van der Waals surface area contributed by atoms with Gasteiger partial charge in [0.2, 0.25) is 0 Å². The molecule has 0 bridgehead atoms. The van der Waals surface area contributed by atoms with Gasteiger partial charge >= 0.3 is 0 Å². The zero-order chi connectivity index (χ0) is 26.6. The molecule has 0 spiro atoms. The first-order valence-electron chi connectivity index (χ1n) is 13.0. The molecule has 0 saturated carbocycles. The number of fused-ring (bicyclic) bond motifs is 1. The summed E-state index contributed by atoms with van der Waals surface area (Å²) in [5, 5.41) is 14.1. The van der Waals surface area contributed by atoms with Gasteiger partial charge in [-0.15, -0.1) is 0 Å². The molecule has 4 nitrogen and oxygen atoms in total. The molecule has 4 aromatic carbocycles. The van der Waals surface area contributed by atoms with Gasteiger partial charge in [0, 0.05) is 19.2 Å². The van der Waals surface area contributed by atoms with Crippen molar-refractivity contribution in [3.05, 3.63) is 131 Å². The Morgan fingerprint density at radius 1 is 0.816 bits per heavy atom. The van der Waals surface area contributed by atoms with Gasteiger partial charge in [0.25, 0.3) is 0 Å². The second-order valence-electron chi connectivity index (χ2n) is 10.4. The third-order valence-electron chi connectivity index (χ3n) is 6.86. The zero-order valence-electron chi connectivity index (χ0n) is 22.2. The Hall–Kier alpha value is -4.04. The van der Waals surface area contributed by atoms with Gasteiger partial charge in [-0.3, -0.25) is 5.32 Å². The standard InChI is InChI=1S/C34H34N2O2/c1-33(2,37)22-21-26-19-20-32-31(23-26)36(3)24-30(25-38-32)35-34(27-13-7-4-8-14-27,28-15-9-5-10-16-28)29-17-11-6-12-18-29/h4-20,23,30,35,37H,24-25H2,1-3H3/t30-/m0/s1. The molecule has 38 heavy (non-hydrogen) atoms. The quantitative estimate of drug-likeness (QED) is 0.276. The molecule has 1 atom stereocenters. The monoisotopic (exact) mass is 502 g/mol. The van der Waals surface area contributed by atoms with Crippen molar-refractivity contribution in [1.29, 1.82) is 0 Å². The van der Waals surface area contributed by atoms with Gasteiger partial charge in [0.05, 0.1) is 17.3 Å².